The van der Waals surface area contributed by atoms with Crippen molar-refractivity contribution in [1.29, 1.82) is 0 Å². The molecule has 0 saturated heterocycles. The van der Waals surface area contributed by atoms with Crippen LogP contribution in [0.15, 0.2) is 42.7 Å². The largest absolute Gasteiger partial charge is 0.495 e. The summed E-state index contributed by atoms with van der Waals surface area (Å²) in [7, 11) is 1.66. The molecule has 2 aromatic heterocycles. The fourth-order valence-electron chi connectivity index (χ4n) is 3.15. The first-order chi connectivity index (χ1) is 12.7. The number of nitrogens with one attached hydrogen (secondary N) is 2. The van der Waals surface area contributed by atoms with E-state index in [2.05, 4.69) is 20.3 Å². The highest BCUT2D eigenvalue weighted by molar-refractivity contribution is 6.10. The van der Waals surface area contributed by atoms with Crippen LogP contribution >= 0.6 is 12.4 Å². The van der Waals surface area contributed by atoms with Gasteiger partial charge < -0.3 is 19.8 Å². The SMILES string of the molecule is CCOc1ccc(OC)c(Nc2cc(C)nc3ccc4nc[nH]c4c23)c1.Cl. The first-order valence-electron chi connectivity index (χ1n) is 8.51. The minimum atomic E-state index is 0. The van der Waals surface area contributed by atoms with Crippen LogP contribution < -0.4 is 14.8 Å². The molecule has 0 radical (unpaired) electrons. The van der Waals surface area contributed by atoms with Crippen LogP contribution in [0.25, 0.3) is 21.9 Å². The number of nitrogens with zero attached hydrogens (tertiary/aromatic N) is 2. The topological polar surface area (TPSA) is 72.1 Å². The predicted molar refractivity (Wildman–Crippen MR) is 111 cm³/mol. The highest BCUT2D eigenvalue weighted by atomic mass is 35.5. The van der Waals surface area contributed by atoms with Gasteiger partial charge in [-0.3, -0.25) is 4.98 Å². The van der Waals surface area contributed by atoms with Gasteiger partial charge in [0.1, 0.15) is 11.5 Å². The molecule has 27 heavy (non-hydrogen) atoms. The van der Waals surface area contributed by atoms with Crippen molar-refractivity contribution in [3.8, 4) is 11.5 Å². The third-order valence-electron chi connectivity index (χ3n) is 4.24. The maximum Gasteiger partial charge on any atom is 0.142 e. The van der Waals surface area contributed by atoms with E-state index in [4.69, 9.17) is 9.47 Å². The Kier molecular flexibility index (Phi) is 5.37. The van der Waals surface area contributed by atoms with Crippen molar-refractivity contribution in [2.24, 2.45) is 0 Å². The number of anilines is 2. The van der Waals surface area contributed by atoms with Gasteiger partial charge in [0.2, 0.25) is 0 Å². The molecule has 6 nitrogen and oxygen atoms in total. The summed E-state index contributed by atoms with van der Waals surface area (Å²) in [4.78, 5) is 12.2. The number of hydrogen-bond donors (Lipinski definition) is 2. The van der Waals surface area contributed by atoms with Crippen LogP contribution in [-0.2, 0) is 0 Å². The molecule has 140 valence electrons. The minimum Gasteiger partial charge on any atom is -0.495 e. The smallest absolute Gasteiger partial charge is 0.142 e. The van der Waals surface area contributed by atoms with Crippen LogP contribution in [-0.4, -0.2) is 28.7 Å². The molecule has 2 heterocycles. The summed E-state index contributed by atoms with van der Waals surface area (Å²) in [6.07, 6.45) is 1.70. The van der Waals surface area contributed by atoms with Gasteiger partial charge in [-0.05, 0) is 44.2 Å². The molecule has 0 atom stereocenters. The maximum absolute atomic E-state index is 5.63. The van der Waals surface area contributed by atoms with Crippen LogP contribution in [0.3, 0.4) is 0 Å². The molecule has 0 amide bonds. The van der Waals surface area contributed by atoms with Gasteiger partial charge in [-0.25, -0.2) is 4.98 Å². The summed E-state index contributed by atoms with van der Waals surface area (Å²) >= 11 is 0. The number of fused-ring (bicyclic) bond motifs is 3. The Labute approximate surface area is 163 Å². The van der Waals surface area contributed by atoms with E-state index in [1.54, 1.807) is 13.4 Å². The lowest BCUT2D eigenvalue weighted by molar-refractivity contribution is 0.339. The third-order valence-corrected chi connectivity index (χ3v) is 4.24. The molecule has 4 aromatic rings. The normalized spacial score (nSPS) is 10.6. The van der Waals surface area contributed by atoms with E-state index in [0.717, 1.165) is 50.5 Å². The van der Waals surface area contributed by atoms with Crippen molar-refractivity contribution in [2.75, 3.05) is 19.0 Å². The van der Waals surface area contributed by atoms with Crippen molar-refractivity contribution in [3.05, 3.63) is 48.4 Å². The molecule has 7 heteroatoms. The second-order valence-electron chi connectivity index (χ2n) is 5.99. The van der Waals surface area contributed by atoms with Crippen LogP contribution in [0.4, 0.5) is 11.4 Å². The summed E-state index contributed by atoms with van der Waals surface area (Å²) in [6, 6.07) is 11.7. The van der Waals surface area contributed by atoms with Crippen LogP contribution in [0.2, 0.25) is 0 Å². The van der Waals surface area contributed by atoms with Crippen molar-refractivity contribution >= 4 is 45.7 Å². The zero-order valence-corrected chi connectivity index (χ0v) is 16.2. The fourth-order valence-corrected chi connectivity index (χ4v) is 3.15. The van der Waals surface area contributed by atoms with E-state index >= 15 is 0 Å². The van der Waals surface area contributed by atoms with Crippen molar-refractivity contribution < 1.29 is 9.47 Å². The summed E-state index contributed by atoms with van der Waals surface area (Å²) < 4.78 is 11.1. The van der Waals surface area contributed by atoms with E-state index in [9.17, 15) is 0 Å². The molecular formula is C20H21ClN4O2. The van der Waals surface area contributed by atoms with Gasteiger partial charge in [0.05, 0.1) is 48.0 Å². The van der Waals surface area contributed by atoms with Crippen molar-refractivity contribution in [1.82, 2.24) is 15.0 Å². The Hall–Kier alpha value is -2.99. The molecule has 0 spiro atoms. The maximum atomic E-state index is 5.63. The monoisotopic (exact) mass is 384 g/mol. The Morgan fingerprint density at radius 2 is 1.89 bits per heavy atom. The average Bonchev–Trinajstić information content (AvgIpc) is 3.10. The molecule has 0 aliphatic carbocycles. The van der Waals surface area contributed by atoms with Gasteiger partial charge in [-0.2, -0.15) is 0 Å². The van der Waals surface area contributed by atoms with Gasteiger partial charge in [0.25, 0.3) is 0 Å². The highest BCUT2D eigenvalue weighted by Crippen LogP contribution is 2.36. The minimum absolute atomic E-state index is 0. The summed E-state index contributed by atoms with van der Waals surface area (Å²) in [5.41, 5.74) is 5.47. The molecule has 0 fully saturated rings. The van der Waals surface area contributed by atoms with Crippen molar-refractivity contribution in [2.45, 2.75) is 13.8 Å². The summed E-state index contributed by atoms with van der Waals surface area (Å²) in [5.74, 6) is 1.53. The molecule has 2 N–H and O–H groups in total. The first kappa shape index (κ1) is 18.8. The van der Waals surface area contributed by atoms with E-state index in [1.165, 1.54) is 0 Å². The van der Waals surface area contributed by atoms with E-state index in [-0.39, 0.29) is 12.4 Å². The van der Waals surface area contributed by atoms with Crippen LogP contribution in [0, 0.1) is 6.92 Å². The van der Waals surface area contributed by atoms with Gasteiger partial charge >= 0.3 is 0 Å². The van der Waals surface area contributed by atoms with Gasteiger partial charge in [-0.15, -0.1) is 12.4 Å². The number of hydrogen-bond acceptors (Lipinski definition) is 5. The number of ether oxygens (including phenoxy) is 2. The van der Waals surface area contributed by atoms with E-state index < -0.39 is 0 Å². The number of rotatable bonds is 5. The van der Waals surface area contributed by atoms with Gasteiger partial charge in [0, 0.05) is 17.1 Å². The first-order valence-corrected chi connectivity index (χ1v) is 8.51. The number of imidazole rings is 1. The molecule has 0 unspecified atom stereocenters. The lowest BCUT2D eigenvalue weighted by atomic mass is 10.1. The molecule has 2 aromatic carbocycles. The molecule has 0 aliphatic heterocycles. The molecular weight excluding hydrogens is 364 g/mol. The standard InChI is InChI=1S/C20H20N4O2.ClH/c1-4-26-13-5-8-18(25-3)16(10-13)24-17-9-12(2)23-14-6-7-15-20(19(14)17)22-11-21-15;/h5-11H,4H2,1-3H3,(H,21,22)(H,23,24);1H. The zero-order valence-electron chi connectivity index (χ0n) is 15.4. The number of H-pyrrole nitrogens is 1. The van der Waals surface area contributed by atoms with Crippen LogP contribution in [0.5, 0.6) is 11.5 Å². The second-order valence-corrected chi connectivity index (χ2v) is 5.99. The fraction of sp³-hybridized carbons (Fsp3) is 0.200. The predicted octanol–water partition coefficient (Wildman–Crippen LogP) is 4.99. The van der Waals surface area contributed by atoms with Gasteiger partial charge in [0.15, 0.2) is 0 Å². The quantitative estimate of drug-likeness (QED) is 0.507. The zero-order chi connectivity index (χ0) is 18.1. The Bertz CT molecular complexity index is 1090. The number of aromatic nitrogens is 3. The number of pyridine rings is 1. The Balaban J connectivity index is 0.00000210. The van der Waals surface area contributed by atoms with Crippen LogP contribution in [0.1, 0.15) is 12.6 Å². The Morgan fingerprint density at radius 3 is 2.67 bits per heavy atom. The number of benzene rings is 2. The Morgan fingerprint density at radius 1 is 1.07 bits per heavy atom. The number of methoxy groups -OCH3 is 1. The highest BCUT2D eigenvalue weighted by Gasteiger charge is 2.13. The molecule has 4 rings (SSSR count). The number of halogens is 1. The summed E-state index contributed by atoms with van der Waals surface area (Å²) in [6.45, 7) is 4.56. The van der Waals surface area contributed by atoms with E-state index in [1.807, 2.05) is 50.2 Å². The summed E-state index contributed by atoms with van der Waals surface area (Å²) in [5, 5.41) is 4.49. The number of aromatic amines is 1. The van der Waals surface area contributed by atoms with E-state index in [0.29, 0.717) is 6.61 Å². The lowest BCUT2D eigenvalue weighted by Gasteiger charge is -2.15. The van der Waals surface area contributed by atoms with Gasteiger partial charge in [-0.1, -0.05) is 0 Å². The average molecular weight is 385 g/mol. The third kappa shape index (κ3) is 3.48. The molecule has 0 bridgehead atoms. The number of aryl methyl sites for hydroxylation is 1. The molecule has 0 aliphatic rings. The molecule has 0 saturated carbocycles. The van der Waals surface area contributed by atoms with Crippen molar-refractivity contribution in [3.63, 3.8) is 0 Å². The second kappa shape index (κ2) is 7.72. The lowest BCUT2D eigenvalue weighted by Crippen LogP contribution is -1.99.